The molecule has 0 aliphatic heterocycles. The number of halogens is 2. The standard InChI is InChI=1S/C15H19FN4S.HI/c1-10-14(21-11(2)20-10)9-19-15(17-3)18-8-12-6-4-5-7-13(12)16;/h4-7H,8-9H2,1-3H3,(H2,17,18,19);1H. The Morgan fingerprint density at radius 2 is 1.91 bits per heavy atom. The lowest BCUT2D eigenvalue weighted by Crippen LogP contribution is -2.36. The minimum absolute atomic E-state index is 0. The smallest absolute Gasteiger partial charge is 0.191 e. The van der Waals surface area contributed by atoms with E-state index in [0.717, 1.165) is 10.7 Å². The van der Waals surface area contributed by atoms with Gasteiger partial charge >= 0.3 is 0 Å². The van der Waals surface area contributed by atoms with Crippen molar-refractivity contribution < 1.29 is 4.39 Å². The van der Waals surface area contributed by atoms with E-state index in [1.54, 1.807) is 30.5 Å². The first-order valence-electron chi connectivity index (χ1n) is 6.71. The number of aliphatic imine (C=N–C) groups is 1. The zero-order valence-electron chi connectivity index (χ0n) is 12.8. The summed E-state index contributed by atoms with van der Waals surface area (Å²) in [6.07, 6.45) is 0. The van der Waals surface area contributed by atoms with Gasteiger partial charge in [0.15, 0.2) is 5.96 Å². The van der Waals surface area contributed by atoms with Gasteiger partial charge in [-0.15, -0.1) is 35.3 Å². The quantitative estimate of drug-likeness (QED) is 0.441. The van der Waals surface area contributed by atoms with E-state index in [1.807, 2.05) is 19.9 Å². The lowest BCUT2D eigenvalue weighted by Gasteiger charge is -2.11. The molecular weight excluding hydrogens is 414 g/mol. The van der Waals surface area contributed by atoms with E-state index in [1.165, 1.54) is 10.9 Å². The predicted octanol–water partition coefficient (Wildman–Crippen LogP) is 3.38. The summed E-state index contributed by atoms with van der Waals surface area (Å²) in [5, 5.41) is 7.38. The Labute approximate surface area is 151 Å². The van der Waals surface area contributed by atoms with Crippen LogP contribution >= 0.6 is 35.3 Å². The van der Waals surface area contributed by atoms with Gasteiger partial charge in [0.05, 0.1) is 17.2 Å². The molecule has 0 bridgehead atoms. The van der Waals surface area contributed by atoms with Gasteiger partial charge in [0.25, 0.3) is 0 Å². The highest BCUT2D eigenvalue weighted by Crippen LogP contribution is 2.16. The summed E-state index contributed by atoms with van der Waals surface area (Å²) in [7, 11) is 1.70. The highest BCUT2D eigenvalue weighted by Gasteiger charge is 2.06. The normalized spacial score (nSPS) is 11.0. The molecule has 0 spiro atoms. The van der Waals surface area contributed by atoms with E-state index in [9.17, 15) is 4.39 Å². The average Bonchev–Trinajstić information content (AvgIpc) is 2.79. The molecule has 120 valence electrons. The van der Waals surface area contributed by atoms with Crippen LogP contribution in [0.1, 0.15) is 21.1 Å². The zero-order chi connectivity index (χ0) is 15.2. The second kappa shape index (κ2) is 9.04. The number of nitrogens with zero attached hydrogens (tertiary/aromatic N) is 2. The molecule has 2 N–H and O–H groups in total. The first kappa shape index (κ1) is 18.8. The topological polar surface area (TPSA) is 49.3 Å². The van der Waals surface area contributed by atoms with Crippen LogP contribution in [0.25, 0.3) is 0 Å². The monoisotopic (exact) mass is 434 g/mol. The first-order chi connectivity index (χ1) is 10.1. The fourth-order valence-corrected chi connectivity index (χ4v) is 2.82. The van der Waals surface area contributed by atoms with Crippen LogP contribution in [0, 0.1) is 19.7 Å². The fourth-order valence-electron chi connectivity index (χ4n) is 1.94. The van der Waals surface area contributed by atoms with Gasteiger partial charge < -0.3 is 10.6 Å². The Bertz CT molecular complexity index is 642. The van der Waals surface area contributed by atoms with Crippen LogP contribution in [0.4, 0.5) is 4.39 Å². The lowest BCUT2D eigenvalue weighted by atomic mass is 10.2. The molecule has 0 atom stereocenters. The fraction of sp³-hybridized carbons (Fsp3) is 0.333. The summed E-state index contributed by atoms with van der Waals surface area (Å²) >= 11 is 1.67. The van der Waals surface area contributed by atoms with Crippen LogP contribution in [-0.4, -0.2) is 18.0 Å². The lowest BCUT2D eigenvalue weighted by molar-refractivity contribution is 0.604. The van der Waals surface area contributed by atoms with E-state index in [-0.39, 0.29) is 29.8 Å². The summed E-state index contributed by atoms with van der Waals surface area (Å²) in [5.41, 5.74) is 1.65. The molecule has 0 unspecified atom stereocenters. The van der Waals surface area contributed by atoms with Gasteiger partial charge in [-0.1, -0.05) is 18.2 Å². The molecule has 1 aromatic heterocycles. The molecule has 7 heteroatoms. The van der Waals surface area contributed by atoms with Gasteiger partial charge in [0.1, 0.15) is 5.82 Å². The van der Waals surface area contributed by atoms with Crippen molar-refractivity contribution in [2.24, 2.45) is 4.99 Å². The van der Waals surface area contributed by atoms with Crippen molar-refractivity contribution in [3.05, 3.63) is 51.2 Å². The van der Waals surface area contributed by atoms with Crippen LogP contribution in [0.3, 0.4) is 0 Å². The summed E-state index contributed by atoms with van der Waals surface area (Å²) < 4.78 is 13.5. The van der Waals surface area contributed by atoms with E-state index in [4.69, 9.17) is 0 Å². The summed E-state index contributed by atoms with van der Waals surface area (Å²) in [4.78, 5) is 9.71. The number of aromatic nitrogens is 1. The second-order valence-electron chi connectivity index (χ2n) is 4.61. The van der Waals surface area contributed by atoms with Crippen molar-refractivity contribution in [3.63, 3.8) is 0 Å². The van der Waals surface area contributed by atoms with Crippen molar-refractivity contribution in [2.75, 3.05) is 7.05 Å². The number of hydrogen-bond acceptors (Lipinski definition) is 3. The molecule has 0 aliphatic rings. The molecule has 2 rings (SSSR count). The molecule has 1 heterocycles. The van der Waals surface area contributed by atoms with Gasteiger partial charge in [0, 0.05) is 24.0 Å². The Morgan fingerprint density at radius 1 is 1.23 bits per heavy atom. The zero-order valence-corrected chi connectivity index (χ0v) is 16.0. The van der Waals surface area contributed by atoms with Crippen LogP contribution in [0.5, 0.6) is 0 Å². The van der Waals surface area contributed by atoms with E-state index in [2.05, 4.69) is 20.6 Å². The number of benzene rings is 1. The van der Waals surface area contributed by atoms with Crippen molar-refractivity contribution in [3.8, 4) is 0 Å². The van der Waals surface area contributed by atoms with Crippen molar-refractivity contribution >= 4 is 41.3 Å². The molecule has 1 aromatic carbocycles. The number of guanidine groups is 1. The predicted molar refractivity (Wildman–Crippen MR) is 100 cm³/mol. The molecule has 4 nitrogen and oxygen atoms in total. The van der Waals surface area contributed by atoms with Crippen LogP contribution < -0.4 is 10.6 Å². The summed E-state index contributed by atoms with van der Waals surface area (Å²) in [6.45, 7) is 5.05. The largest absolute Gasteiger partial charge is 0.352 e. The van der Waals surface area contributed by atoms with Crippen molar-refractivity contribution in [1.29, 1.82) is 0 Å². The number of rotatable bonds is 4. The van der Waals surface area contributed by atoms with E-state index >= 15 is 0 Å². The van der Waals surface area contributed by atoms with Crippen LogP contribution in [-0.2, 0) is 13.1 Å². The molecular formula is C15H20FIN4S. The molecule has 22 heavy (non-hydrogen) atoms. The summed E-state index contributed by atoms with van der Waals surface area (Å²) in [5.74, 6) is 0.429. The third-order valence-corrected chi connectivity index (χ3v) is 4.12. The molecule has 0 amide bonds. The highest BCUT2D eigenvalue weighted by molar-refractivity contribution is 14.0. The molecule has 2 aromatic rings. The van der Waals surface area contributed by atoms with Gasteiger partial charge in [-0.05, 0) is 19.9 Å². The maximum Gasteiger partial charge on any atom is 0.191 e. The van der Waals surface area contributed by atoms with Crippen LogP contribution in [0.2, 0.25) is 0 Å². The Kier molecular flexibility index (Phi) is 7.74. The van der Waals surface area contributed by atoms with E-state index < -0.39 is 0 Å². The van der Waals surface area contributed by atoms with Crippen LogP contribution in [0.15, 0.2) is 29.3 Å². The molecule has 0 fully saturated rings. The van der Waals surface area contributed by atoms with Gasteiger partial charge in [-0.25, -0.2) is 9.37 Å². The second-order valence-corrected chi connectivity index (χ2v) is 5.90. The maximum atomic E-state index is 13.5. The van der Waals surface area contributed by atoms with Crippen molar-refractivity contribution in [2.45, 2.75) is 26.9 Å². The minimum Gasteiger partial charge on any atom is -0.352 e. The molecule has 0 radical (unpaired) electrons. The SMILES string of the molecule is CN=C(NCc1ccccc1F)NCc1sc(C)nc1C.I. The number of hydrogen-bond donors (Lipinski definition) is 2. The van der Waals surface area contributed by atoms with Gasteiger partial charge in [-0.3, -0.25) is 4.99 Å². The van der Waals surface area contributed by atoms with Gasteiger partial charge in [-0.2, -0.15) is 0 Å². The maximum absolute atomic E-state index is 13.5. The molecule has 0 saturated heterocycles. The summed E-state index contributed by atoms with van der Waals surface area (Å²) in [6, 6.07) is 6.71. The minimum atomic E-state index is -0.214. The Balaban J connectivity index is 0.00000242. The average molecular weight is 434 g/mol. The van der Waals surface area contributed by atoms with Crippen molar-refractivity contribution in [1.82, 2.24) is 15.6 Å². The number of nitrogens with one attached hydrogen (secondary N) is 2. The first-order valence-corrected chi connectivity index (χ1v) is 7.52. The van der Waals surface area contributed by atoms with E-state index in [0.29, 0.717) is 24.6 Å². The Morgan fingerprint density at radius 3 is 2.50 bits per heavy atom. The molecule has 0 saturated carbocycles. The highest BCUT2D eigenvalue weighted by atomic mass is 127. The van der Waals surface area contributed by atoms with Gasteiger partial charge in [0.2, 0.25) is 0 Å². The third-order valence-electron chi connectivity index (χ3n) is 3.04. The number of aryl methyl sites for hydroxylation is 2. The third kappa shape index (κ3) is 5.20. The number of thiazole rings is 1. The Hall–Kier alpha value is -1.22. The molecule has 0 aliphatic carbocycles.